The molecular formula is C35H37NO. The third-order valence-electron chi connectivity index (χ3n) is 8.63. The van der Waals surface area contributed by atoms with Crippen LogP contribution in [-0.4, -0.2) is 4.98 Å². The predicted molar refractivity (Wildman–Crippen MR) is 156 cm³/mol. The number of benzene rings is 3. The van der Waals surface area contributed by atoms with Crippen molar-refractivity contribution in [2.24, 2.45) is 5.92 Å². The number of aryl methyl sites for hydroxylation is 2. The lowest BCUT2D eigenvalue weighted by atomic mass is 9.90. The van der Waals surface area contributed by atoms with Gasteiger partial charge in [-0.2, -0.15) is 0 Å². The summed E-state index contributed by atoms with van der Waals surface area (Å²) in [7, 11) is 0. The van der Waals surface area contributed by atoms with Gasteiger partial charge in [0.25, 0.3) is 0 Å². The van der Waals surface area contributed by atoms with Gasteiger partial charge in [-0.1, -0.05) is 57.7 Å². The first kappa shape index (κ1) is 24.0. The molecule has 1 fully saturated rings. The molecule has 0 amide bonds. The van der Waals surface area contributed by atoms with E-state index in [-0.39, 0.29) is 0 Å². The first-order valence-corrected chi connectivity index (χ1v) is 13.9. The molecule has 2 heterocycles. The second kappa shape index (κ2) is 9.49. The van der Waals surface area contributed by atoms with Gasteiger partial charge < -0.3 is 4.42 Å². The monoisotopic (exact) mass is 487 g/mol. The molecule has 1 aliphatic rings. The maximum absolute atomic E-state index is 6.36. The van der Waals surface area contributed by atoms with Crippen molar-refractivity contribution in [2.45, 2.75) is 72.6 Å². The molecule has 0 radical (unpaired) electrons. The van der Waals surface area contributed by atoms with Crippen molar-refractivity contribution in [3.63, 3.8) is 0 Å². The number of hydrogen-bond acceptors (Lipinski definition) is 2. The van der Waals surface area contributed by atoms with E-state index >= 15 is 0 Å². The Labute approximate surface area is 220 Å². The van der Waals surface area contributed by atoms with Crippen LogP contribution >= 0.6 is 0 Å². The summed E-state index contributed by atoms with van der Waals surface area (Å²) in [6.45, 7) is 11.2. The smallest absolute Gasteiger partial charge is 0.136 e. The van der Waals surface area contributed by atoms with E-state index in [0.29, 0.717) is 5.92 Å². The van der Waals surface area contributed by atoms with Gasteiger partial charge in [-0.25, -0.2) is 0 Å². The Balaban J connectivity index is 1.41. The van der Waals surface area contributed by atoms with Gasteiger partial charge in [-0.3, -0.25) is 4.98 Å². The van der Waals surface area contributed by atoms with Crippen molar-refractivity contribution < 1.29 is 4.42 Å². The Bertz CT molecular complexity index is 1610. The number of rotatable bonds is 5. The minimum atomic E-state index is 0.494. The SMILES string of the molecule is Cc1ccc(C)c(-c2ccc3c(c2)oc2ccc(-c4cc(CC5CCCC5)c(C(C)C)cn4)cc23)c1C. The molecular weight excluding hydrogens is 450 g/mol. The van der Waals surface area contributed by atoms with Crippen LogP contribution in [0.4, 0.5) is 0 Å². The van der Waals surface area contributed by atoms with Gasteiger partial charge in [-0.15, -0.1) is 0 Å². The zero-order valence-electron chi connectivity index (χ0n) is 22.8. The average molecular weight is 488 g/mol. The molecule has 5 aromatic rings. The van der Waals surface area contributed by atoms with Crippen LogP contribution in [0, 0.1) is 26.7 Å². The van der Waals surface area contributed by atoms with Crippen LogP contribution in [0.1, 0.15) is 73.3 Å². The highest BCUT2D eigenvalue weighted by Crippen LogP contribution is 2.37. The van der Waals surface area contributed by atoms with Crippen molar-refractivity contribution in [3.8, 4) is 22.4 Å². The van der Waals surface area contributed by atoms with E-state index in [2.05, 4.69) is 95.4 Å². The van der Waals surface area contributed by atoms with E-state index in [1.165, 1.54) is 71.0 Å². The van der Waals surface area contributed by atoms with Crippen molar-refractivity contribution in [1.82, 2.24) is 4.98 Å². The summed E-state index contributed by atoms with van der Waals surface area (Å²) in [4.78, 5) is 4.93. The van der Waals surface area contributed by atoms with Crippen molar-refractivity contribution in [1.29, 1.82) is 0 Å². The van der Waals surface area contributed by atoms with Gasteiger partial charge in [0.2, 0.25) is 0 Å². The molecule has 0 aliphatic heterocycles. The maximum Gasteiger partial charge on any atom is 0.136 e. The topological polar surface area (TPSA) is 26.0 Å². The van der Waals surface area contributed by atoms with Gasteiger partial charge in [0.1, 0.15) is 11.2 Å². The molecule has 0 bridgehead atoms. The quantitative estimate of drug-likeness (QED) is 0.246. The molecule has 0 spiro atoms. The van der Waals surface area contributed by atoms with Crippen LogP contribution < -0.4 is 0 Å². The second-order valence-corrected chi connectivity index (χ2v) is 11.5. The van der Waals surface area contributed by atoms with Crippen LogP contribution in [0.3, 0.4) is 0 Å². The van der Waals surface area contributed by atoms with Crippen LogP contribution in [0.25, 0.3) is 44.3 Å². The summed E-state index contributed by atoms with van der Waals surface area (Å²) in [5.74, 6) is 1.32. The number of furan rings is 1. The molecule has 2 heteroatoms. The zero-order chi connectivity index (χ0) is 25.7. The highest BCUT2D eigenvalue weighted by atomic mass is 16.3. The lowest BCUT2D eigenvalue weighted by molar-refractivity contribution is 0.542. The van der Waals surface area contributed by atoms with E-state index in [1.807, 2.05) is 0 Å². The molecule has 2 aromatic heterocycles. The molecule has 188 valence electrons. The fourth-order valence-electron chi connectivity index (χ4n) is 6.38. The van der Waals surface area contributed by atoms with E-state index in [1.54, 1.807) is 0 Å². The van der Waals surface area contributed by atoms with E-state index < -0.39 is 0 Å². The summed E-state index contributed by atoms with van der Waals surface area (Å²) in [6.07, 6.45) is 8.81. The Morgan fingerprint density at radius 2 is 1.57 bits per heavy atom. The Morgan fingerprint density at radius 1 is 0.811 bits per heavy atom. The van der Waals surface area contributed by atoms with Crippen LogP contribution in [0.5, 0.6) is 0 Å². The lowest BCUT2D eigenvalue weighted by Gasteiger charge is -2.17. The van der Waals surface area contributed by atoms with Crippen LogP contribution in [-0.2, 0) is 6.42 Å². The van der Waals surface area contributed by atoms with E-state index in [0.717, 1.165) is 39.1 Å². The fraction of sp³-hybridized carbons (Fsp3) is 0.343. The summed E-state index contributed by atoms with van der Waals surface area (Å²) >= 11 is 0. The second-order valence-electron chi connectivity index (χ2n) is 11.5. The van der Waals surface area contributed by atoms with Crippen molar-refractivity contribution in [3.05, 3.63) is 88.6 Å². The van der Waals surface area contributed by atoms with Gasteiger partial charge in [0.05, 0.1) is 5.69 Å². The molecule has 0 N–H and O–H groups in total. The highest BCUT2D eigenvalue weighted by molar-refractivity contribution is 6.07. The number of nitrogens with zero attached hydrogens (tertiary/aromatic N) is 1. The highest BCUT2D eigenvalue weighted by Gasteiger charge is 2.19. The number of fused-ring (bicyclic) bond motifs is 3. The van der Waals surface area contributed by atoms with Gasteiger partial charge in [0, 0.05) is 22.5 Å². The molecule has 1 saturated carbocycles. The zero-order valence-corrected chi connectivity index (χ0v) is 22.8. The maximum atomic E-state index is 6.36. The third kappa shape index (κ3) is 4.37. The van der Waals surface area contributed by atoms with Gasteiger partial charge in [0.15, 0.2) is 0 Å². The van der Waals surface area contributed by atoms with Crippen LogP contribution in [0.15, 0.2) is 65.2 Å². The lowest BCUT2D eigenvalue weighted by Crippen LogP contribution is -2.05. The molecule has 2 nitrogen and oxygen atoms in total. The fourth-order valence-corrected chi connectivity index (χ4v) is 6.38. The average Bonchev–Trinajstić information content (AvgIpc) is 3.53. The normalized spacial score (nSPS) is 14.4. The summed E-state index contributed by atoms with van der Waals surface area (Å²) in [5, 5.41) is 2.32. The Hall–Kier alpha value is -3.39. The van der Waals surface area contributed by atoms with Crippen LogP contribution in [0.2, 0.25) is 0 Å². The molecule has 0 atom stereocenters. The summed E-state index contributed by atoms with van der Waals surface area (Å²) in [6, 6.07) is 20.0. The number of pyridine rings is 1. The van der Waals surface area contributed by atoms with E-state index in [4.69, 9.17) is 9.40 Å². The first-order valence-electron chi connectivity index (χ1n) is 13.9. The molecule has 0 unspecified atom stereocenters. The minimum absolute atomic E-state index is 0.494. The minimum Gasteiger partial charge on any atom is -0.456 e. The van der Waals surface area contributed by atoms with Gasteiger partial charge in [-0.05, 0) is 114 Å². The van der Waals surface area contributed by atoms with Crippen molar-refractivity contribution >= 4 is 21.9 Å². The largest absolute Gasteiger partial charge is 0.456 e. The molecule has 37 heavy (non-hydrogen) atoms. The molecule has 3 aromatic carbocycles. The molecule has 0 saturated heterocycles. The molecule has 1 aliphatic carbocycles. The summed E-state index contributed by atoms with van der Waals surface area (Å²) in [5.41, 5.74) is 13.5. The number of hydrogen-bond donors (Lipinski definition) is 0. The van der Waals surface area contributed by atoms with Crippen molar-refractivity contribution in [2.75, 3.05) is 0 Å². The predicted octanol–water partition coefficient (Wildman–Crippen LogP) is 10.1. The summed E-state index contributed by atoms with van der Waals surface area (Å²) < 4.78 is 6.36. The number of aromatic nitrogens is 1. The Morgan fingerprint density at radius 3 is 2.35 bits per heavy atom. The standard InChI is InChI=1S/C35H37NO/c1-21(2)31-20-36-32(18-28(31)16-25-8-6-7-9-25)26-13-15-33-30(17-26)29-14-12-27(19-34(29)37-33)35-23(4)11-10-22(3)24(35)5/h10-15,17-21,25H,6-9,16H2,1-5H3. The first-order chi connectivity index (χ1) is 17.9. The Kier molecular flexibility index (Phi) is 6.15. The van der Waals surface area contributed by atoms with Gasteiger partial charge >= 0.3 is 0 Å². The third-order valence-corrected chi connectivity index (χ3v) is 8.63. The van der Waals surface area contributed by atoms with E-state index in [9.17, 15) is 0 Å². The molecule has 6 rings (SSSR count).